The van der Waals surface area contributed by atoms with Crippen molar-refractivity contribution >= 4 is 22.4 Å². The Bertz CT molecular complexity index is 942. The van der Waals surface area contributed by atoms with Crippen LogP contribution in [0.5, 0.6) is 0 Å². The van der Waals surface area contributed by atoms with E-state index in [-0.39, 0.29) is 11.7 Å². The van der Waals surface area contributed by atoms with E-state index in [4.69, 9.17) is 4.42 Å². The van der Waals surface area contributed by atoms with E-state index in [1.165, 1.54) is 0 Å². The van der Waals surface area contributed by atoms with Gasteiger partial charge in [0.2, 0.25) is 0 Å². The second kappa shape index (κ2) is 4.84. The van der Waals surface area contributed by atoms with E-state index in [1.54, 1.807) is 29.2 Å². The van der Waals surface area contributed by atoms with Crippen molar-refractivity contribution < 1.29 is 9.21 Å². The summed E-state index contributed by atoms with van der Waals surface area (Å²) in [6, 6.07) is 16.5. The van der Waals surface area contributed by atoms with Gasteiger partial charge in [0.1, 0.15) is 0 Å². The van der Waals surface area contributed by atoms with Gasteiger partial charge in [0.25, 0.3) is 5.91 Å². The third-order valence-corrected chi connectivity index (χ3v) is 4.01. The van der Waals surface area contributed by atoms with E-state index < -0.39 is 5.63 Å². The minimum atomic E-state index is -0.478. The molecule has 108 valence electrons. The molecule has 0 atom stereocenters. The molecule has 0 unspecified atom stereocenters. The lowest BCUT2D eigenvalue weighted by Gasteiger charge is -2.16. The van der Waals surface area contributed by atoms with Gasteiger partial charge in [-0.05, 0) is 35.6 Å². The molecule has 1 aliphatic rings. The minimum absolute atomic E-state index is 0.0837. The number of hydrogen-bond donors (Lipinski definition) is 0. The second-order valence-electron chi connectivity index (χ2n) is 5.32. The molecule has 0 saturated heterocycles. The van der Waals surface area contributed by atoms with Crippen molar-refractivity contribution in [3.63, 3.8) is 0 Å². The molecule has 1 aliphatic heterocycles. The molecule has 0 fully saturated rings. The Morgan fingerprint density at radius 2 is 1.82 bits per heavy atom. The summed E-state index contributed by atoms with van der Waals surface area (Å²) >= 11 is 0. The molecule has 22 heavy (non-hydrogen) atoms. The maximum absolute atomic E-state index is 12.7. The topological polar surface area (TPSA) is 50.5 Å². The number of nitrogens with zero attached hydrogens (tertiary/aromatic N) is 1. The fraction of sp³-hybridized carbons (Fsp3) is 0.111. The number of rotatable bonds is 1. The highest BCUT2D eigenvalue weighted by Crippen LogP contribution is 2.29. The van der Waals surface area contributed by atoms with Crippen molar-refractivity contribution in [2.45, 2.75) is 6.42 Å². The van der Waals surface area contributed by atoms with Gasteiger partial charge >= 0.3 is 5.63 Å². The van der Waals surface area contributed by atoms with E-state index in [2.05, 4.69) is 0 Å². The fourth-order valence-electron chi connectivity index (χ4n) is 2.92. The number of anilines is 1. The van der Waals surface area contributed by atoms with E-state index in [0.29, 0.717) is 11.9 Å². The van der Waals surface area contributed by atoms with Gasteiger partial charge in [-0.1, -0.05) is 36.4 Å². The predicted molar refractivity (Wildman–Crippen MR) is 84.3 cm³/mol. The van der Waals surface area contributed by atoms with E-state index in [9.17, 15) is 9.59 Å². The van der Waals surface area contributed by atoms with Gasteiger partial charge in [-0.25, -0.2) is 4.79 Å². The van der Waals surface area contributed by atoms with Gasteiger partial charge in [0, 0.05) is 12.2 Å². The Labute approximate surface area is 126 Å². The summed E-state index contributed by atoms with van der Waals surface area (Å²) in [6.45, 7) is 0.606. The Hall–Kier alpha value is -2.88. The van der Waals surface area contributed by atoms with Crippen LogP contribution < -0.4 is 10.5 Å². The summed E-state index contributed by atoms with van der Waals surface area (Å²) in [5, 5.41) is 1.20. The van der Waals surface area contributed by atoms with Crippen LogP contribution in [0.1, 0.15) is 16.1 Å². The van der Waals surface area contributed by atoms with Crippen LogP contribution in [-0.4, -0.2) is 12.5 Å². The van der Waals surface area contributed by atoms with Crippen LogP contribution in [0, 0.1) is 0 Å². The van der Waals surface area contributed by atoms with Crippen molar-refractivity contribution in [2.24, 2.45) is 0 Å². The summed E-state index contributed by atoms with van der Waals surface area (Å²) in [5.41, 5.74) is 1.55. The second-order valence-corrected chi connectivity index (χ2v) is 5.32. The summed E-state index contributed by atoms with van der Waals surface area (Å²) in [7, 11) is 0. The minimum Gasteiger partial charge on any atom is -0.417 e. The number of hydrogen-bond acceptors (Lipinski definition) is 3. The molecule has 0 bridgehead atoms. The van der Waals surface area contributed by atoms with Crippen LogP contribution in [-0.2, 0) is 6.42 Å². The van der Waals surface area contributed by atoms with E-state index in [0.717, 1.165) is 23.1 Å². The third kappa shape index (κ3) is 1.92. The van der Waals surface area contributed by atoms with Crippen LogP contribution in [0.15, 0.2) is 63.8 Å². The lowest BCUT2D eigenvalue weighted by molar-refractivity contribution is 0.0959. The molecule has 0 spiro atoms. The smallest absolute Gasteiger partial charge is 0.344 e. The molecule has 3 aromatic rings. The van der Waals surface area contributed by atoms with Crippen molar-refractivity contribution in [3.05, 3.63) is 76.3 Å². The average molecular weight is 291 g/mol. The molecule has 2 aromatic carbocycles. The zero-order valence-electron chi connectivity index (χ0n) is 11.8. The number of amides is 1. The highest BCUT2D eigenvalue weighted by molar-refractivity contribution is 6.06. The first-order valence-corrected chi connectivity index (χ1v) is 7.17. The molecule has 0 saturated carbocycles. The Morgan fingerprint density at radius 1 is 1.05 bits per heavy atom. The lowest BCUT2D eigenvalue weighted by Crippen LogP contribution is -2.29. The van der Waals surface area contributed by atoms with Crippen LogP contribution in [0.3, 0.4) is 0 Å². The Kier molecular flexibility index (Phi) is 2.82. The predicted octanol–water partition coefficient (Wildman–Crippen LogP) is 3.00. The number of para-hydroxylation sites is 1. The molecule has 1 amide bonds. The quantitative estimate of drug-likeness (QED) is 0.692. The van der Waals surface area contributed by atoms with Gasteiger partial charge in [-0.2, -0.15) is 0 Å². The summed E-state index contributed by atoms with van der Waals surface area (Å²) in [4.78, 5) is 26.4. The molecule has 0 N–H and O–H groups in total. The number of carbonyl (C=O) groups excluding carboxylic acids is 1. The van der Waals surface area contributed by atoms with Crippen molar-refractivity contribution in [1.82, 2.24) is 0 Å². The molecule has 4 heteroatoms. The zero-order valence-corrected chi connectivity index (χ0v) is 11.8. The average Bonchev–Trinajstić information content (AvgIpc) is 2.98. The first-order chi connectivity index (χ1) is 10.7. The summed E-state index contributed by atoms with van der Waals surface area (Å²) in [5.74, 6) is -0.187. The number of benzene rings is 2. The maximum Gasteiger partial charge on any atom is 0.344 e. The third-order valence-electron chi connectivity index (χ3n) is 4.01. The van der Waals surface area contributed by atoms with Gasteiger partial charge in [0.05, 0.1) is 5.39 Å². The lowest BCUT2D eigenvalue weighted by atomic mass is 10.1. The monoisotopic (exact) mass is 291 g/mol. The van der Waals surface area contributed by atoms with E-state index >= 15 is 0 Å². The summed E-state index contributed by atoms with van der Waals surface area (Å²) in [6.07, 6.45) is 0.819. The van der Waals surface area contributed by atoms with Gasteiger partial charge < -0.3 is 9.32 Å². The van der Waals surface area contributed by atoms with Gasteiger partial charge in [0.15, 0.2) is 5.76 Å². The van der Waals surface area contributed by atoms with Gasteiger partial charge in [-0.15, -0.1) is 0 Å². The van der Waals surface area contributed by atoms with Crippen molar-refractivity contribution in [2.75, 3.05) is 11.4 Å². The van der Waals surface area contributed by atoms with Crippen LogP contribution in [0.4, 0.5) is 5.69 Å². The van der Waals surface area contributed by atoms with Crippen LogP contribution in [0.25, 0.3) is 10.8 Å². The van der Waals surface area contributed by atoms with Crippen molar-refractivity contribution in [1.29, 1.82) is 0 Å². The molecule has 2 heterocycles. The molecule has 0 aliphatic carbocycles. The SMILES string of the molecule is O=C(c1cc2ccccc2c(=O)o1)N1CCc2ccccc21. The molecule has 4 rings (SSSR count). The van der Waals surface area contributed by atoms with Gasteiger partial charge in [-0.3, -0.25) is 4.79 Å². The zero-order chi connectivity index (χ0) is 15.1. The Balaban J connectivity index is 1.80. The molecular weight excluding hydrogens is 278 g/mol. The summed E-state index contributed by atoms with van der Waals surface area (Å²) < 4.78 is 5.23. The highest BCUT2D eigenvalue weighted by atomic mass is 16.4. The normalized spacial score (nSPS) is 13.4. The molecule has 1 aromatic heterocycles. The first-order valence-electron chi connectivity index (χ1n) is 7.17. The number of carbonyl (C=O) groups is 1. The fourth-order valence-corrected chi connectivity index (χ4v) is 2.92. The molecule has 4 nitrogen and oxygen atoms in total. The Morgan fingerprint density at radius 3 is 2.73 bits per heavy atom. The van der Waals surface area contributed by atoms with Crippen LogP contribution >= 0.6 is 0 Å². The highest BCUT2D eigenvalue weighted by Gasteiger charge is 2.27. The molecule has 0 radical (unpaired) electrons. The van der Waals surface area contributed by atoms with Crippen LogP contribution in [0.2, 0.25) is 0 Å². The largest absolute Gasteiger partial charge is 0.417 e. The van der Waals surface area contributed by atoms with Crippen molar-refractivity contribution in [3.8, 4) is 0 Å². The van der Waals surface area contributed by atoms with E-state index in [1.807, 2.05) is 30.3 Å². The standard InChI is InChI=1S/C18H13NO3/c20-17(19-10-9-12-5-2-4-8-15(12)19)16-11-13-6-1-3-7-14(13)18(21)22-16/h1-8,11H,9-10H2. The number of fused-ring (bicyclic) bond motifs is 2. The molecular formula is C18H13NO3. The first kappa shape index (κ1) is 12.8. The maximum atomic E-state index is 12.7.